The van der Waals surface area contributed by atoms with E-state index in [9.17, 15) is 9.59 Å². The molecule has 0 aromatic carbocycles. The van der Waals surface area contributed by atoms with E-state index in [-0.39, 0.29) is 17.4 Å². The Morgan fingerprint density at radius 2 is 2.10 bits per heavy atom. The number of aromatic nitrogens is 3. The number of hydrogen-bond acceptors (Lipinski definition) is 8. The Morgan fingerprint density at radius 3 is 2.65 bits per heavy atom. The summed E-state index contributed by atoms with van der Waals surface area (Å²) >= 11 is 2.31. The molecule has 20 heavy (non-hydrogen) atoms. The monoisotopic (exact) mass is 312 g/mol. The van der Waals surface area contributed by atoms with Gasteiger partial charge >= 0.3 is 0 Å². The Morgan fingerprint density at radius 1 is 1.35 bits per heavy atom. The Bertz CT molecular complexity index is 650. The van der Waals surface area contributed by atoms with E-state index in [2.05, 4.69) is 20.5 Å². The summed E-state index contributed by atoms with van der Waals surface area (Å²) in [5.74, 6) is 0.288. The number of rotatable bonds is 5. The predicted octanol–water partition coefficient (Wildman–Crippen LogP) is 2.08. The number of carbonyl (C=O) groups is 2. The molecule has 0 aliphatic carbocycles. The molecule has 0 saturated carbocycles. The fourth-order valence-corrected chi connectivity index (χ4v) is 2.88. The maximum atomic E-state index is 11.7. The van der Waals surface area contributed by atoms with Crippen LogP contribution in [-0.2, 0) is 4.79 Å². The number of thiazole rings is 1. The summed E-state index contributed by atoms with van der Waals surface area (Å²) in [4.78, 5) is 27.7. The van der Waals surface area contributed by atoms with E-state index < -0.39 is 0 Å². The standard InChI is InChI=1S/C11H12N4O3S2/c1-5-9(6(2)16)20-10(12-5)13-8(17)4-19-11-15-14-7(3)18-11/h4H2,1-3H3,(H,12,13,17). The first-order valence-electron chi connectivity index (χ1n) is 5.67. The molecule has 2 rings (SSSR count). The van der Waals surface area contributed by atoms with Crippen molar-refractivity contribution in [2.24, 2.45) is 0 Å². The number of Topliss-reactive ketones (excluding diaryl/α,β-unsaturated/α-hetero) is 1. The van der Waals surface area contributed by atoms with Gasteiger partial charge in [0.25, 0.3) is 5.22 Å². The van der Waals surface area contributed by atoms with Gasteiger partial charge in [-0.25, -0.2) is 4.98 Å². The lowest BCUT2D eigenvalue weighted by atomic mass is 10.3. The van der Waals surface area contributed by atoms with Gasteiger partial charge in [-0.05, 0) is 6.92 Å². The van der Waals surface area contributed by atoms with Crippen LogP contribution in [0.25, 0.3) is 0 Å². The maximum Gasteiger partial charge on any atom is 0.277 e. The smallest absolute Gasteiger partial charge is 0.277 e. The van der Waals surface area contributed by atoms with E-state index in [4.69, 9.17) is 4.42 Å². The minimum Gasteiger partial charge on any atom is -0.416 e. The van der Waals surface area contributed by atoms with E-state index in [1.165, 1.54) is 18.3 Å². The second kappa shape index (κ2) is 6.14. The number of ketones is 1. The Hall–Kier alpha value is -1.74. The van der Waals surface area contributed by atoms with Crippen LogP contribution in [0.5, 0.6) is 0 Å². The van der Waals surface area contributed by atoms with Gasteiger partial charge in [0.1, 0.15) is 0 Å². The van der Waals surface area contributed by atoms with E-state index in [1.807, 2.05) is 0 Å². The second-order valence-electron chi connectivity index (χ2n) is 3.91. The third kappa shape index (κ3) is 3.64. The third-order valence-electron chi connectivity index (χ3n) is 2.20. The van der Waals surface area contributed by atoms with E-state index in [1.54, 1.807) is 13.8 Å². The fourth-order valence-electron chi connectivity index (χ4n) is 1.40. The number of anilines is 1. The number of thioether (sulfide) groups is 1. The van der Waals surface area contributed by atoms with Crippen LogP contribution in [0.1, 0.15) is 28.2 Å². The molecule has 0 fully saturated rings. The lowest BCUT2D eigenvalue weighted by molar-refractivity contribution is -0.113. The van der Waals surface area contributed by atoms with Crippen molar-refractivity contribution in [3.8, 4) is 0 Å². The zero-order chi connectivity index (χ0) is 14.7. The van der Waals surface area contributed by atoms with Crippen LogP contribution in [0.4, 0.5) is 5.13 Å². The minimum absolute atomic E-state index is 0.0591. The van der Waals surface area contributed by atoms with Gasteiger partial charge in [-0.15, -0.1) is 10.2 Å². The topological polar surface area (TPSA) is 98.0 Å². The van der Waals surface area contributed by atoms with E-state index >= 15 is 0 Å². The molecule has 1 amide bonds. The quantitative estimate of drug-likeness (QED) is 0.666. The largest absolute Gasteiger partial charge is 0.416 e. The van der Waals surface area contributed by atoms with Crippen LogP contribution < -0.4 is 5.32 Å². The summed E-state index contributed by atoms with van der Waals surface area (Å²) in [7, 11) is 0. The van der Waals surface area contributed by atoms with Gasteiger partial charge in [-0.1, -0.05) is 23.1 Å². The van der Waals surface area contributed by atoms with Crippen molar-refractivity contribution in [3.63, 3.8) is 0 Å². The van der Waals surface area contributed by atoms with Gasteiger partial charge in [0, 0.05) is 13.8 Å². The molecule has 0 saturated heterocycles. The van der Waals surface area contributed by atoms with Gasteiger partial charge in [0.05, 0.1) is 16.3 Å². The molecule has 2 aromatic rings. The summed E-state index contributed by atoms with van der Waals surface area (Å²) in [6.45, 7) is 4.89. The molecule has 1 N–H and O–H groups in total. The Kier molecular flexibility index (Phi) is 4.50. The van der Waals surface area contributed by atoms with Crippen molar-refractivity contribution in [2.45, 2.75) is 26.0 Å². The molecule has 9 heteroatoms. The Balaban J connectivity index is 1.91. The summed E-state index contributed by atoms with van der Waals surface area (Å²) in [5.41, 5.74) is 0.623. The first-order valence-corrected chi connectivity index (χ1v) is 7.47. The van der Waals surface area contributed by atoms with Crippen molar-refractivity contribution in [3.05, 3.63) is 16.5 Å². The number of nitrogens with one attached hydrogen (secondary N) is 1. The average Bonchev–Trinajstić information content (AvgIpc) is 2.93. The number of nitrogens with zero attached hydrogens (tertiary/aromatic N) is 3. The predicted molar refractivity (Wildman–Crippen MR) is 75.2 cm³/mol. The molecule has 106 valence electrons. The maximum absolute atomic E-state index is 11.7. The summed E-state index contributed by atoms with van der Waals surface area (Å²) < 4.78 is 5.14. The van der Waals surface area contributed by atoms with Gasteiger partial charge in [0.15, 0.2) is 10.9 Å². The lowest BCUT2D eigenvalue weighted by Crippen LogP contribution is -2.13. The first-order chi connectivity index (χ1) is 9.45. The van der Waals surface area contributed by atoms with E-state index in [0.717, 1.165) is 11.8 Å². The minimum atomic E-state index is -0.241. The summed E-state index contributed by atoms with van der Waals surface area (Å²) in [6, 6.07) is 0. The molecule has 0 spiro atoms. The van der Waals surface area contributed by atoms with Crippen molar-refractivity contribution in [1.82, 2.24) is 15.2 Å². The van der Waals surface area contributed by atoms with Crippen LogP contribution in [0, 0.1) is 13.8 Å². The number of hydrogen-bond donors (Lipinski definition) is 1. The van der Waals surface area contributed by atoms with E-state index in [0.29, 0.717) is 26.8 Å². The van der Waals surface area contributed by atoms with Crippen molar-refractivity contribution < 1.29 is 14.0 Å². The second-order valence-corrected chi connectivity index (χ2v) is 5.84. The first kappa shape index (κ1) is 14.7. The van der Waals surface area contributed by atoms with Crippen LogP contribution in [0.2, 0.25) is 0 Å². The molecule has 0 aliphatic heterocycles. The van der Waals surface area contributed by atoms with Crippen molar-refractivity contribution >= 4 is 39.9 Å². The molecule has 0 radical (unpaired) electrons. The number of aryl methyl sites for hydroxylation is 2. The summed E-state index contributed by atoms with van der Waals surface area (Å²) in [6.07, 6.45) is 0. The SMILES string of the molecule is CC(=O)c1sc(NC(=O)CSc2nnc(C)o2)nc1C. The van der Waals surface area contributed by atoms with Gasteiger partial charge in [0.2, 0.25) is 11.8 Å². The van der Waals surface area contributed by atoms with Crippen LogP contribution >= 0.6 is 23.1 Å². The normalized spacial score (nSPS) is 10.6. The van der Waals surface area contributed by atoms with Crippen LogP contribution in [0.15, 0.2) is 9.64 Å². The highest BCUT2D eigenvalue weighted by Gasteiger charge is 2.14. The van der Waals surface area contributed by atoms with Crippen molar-refractivity contribution in [1.29, 1.82) is 0 Å². The van der Waals surface area contributed by atoms with Gasteiger partial charge < -0.3 is 9.73 Å². The zero-order valence-corrected chi connectivity index (χ0v) is 12.7. The van der Waals surface area contributed by atoms with Gasteiger partial charge in [-0.2, -0.15) is 0 Å². The molecule has 0 bridgehead atoms. The number of carbonyl (C=O) groups excluding carboxylic acids is 2. The molecule has 7 nitrogen and oxygen atoms in total. The molecular weight excluding hydrogens is 300 g/mol. The molecule has 0 unspecified atom stereocenters. The average molecular weight is 312 g/mol. The highest BCUT2D eigenvalue weighted by atomic mass is 32.2. The van der Waals surface area contributed by atoms with Gasteiger partial charge in [-0.3, -0.25) is 9.59 Å². The highest BCUT2D eigenvalue weighted by Crippen LogP contribution is 2.23. The third-order valence-corrected chi connectivity index (χ3v) is 4.19. The highest BCUT2D eigenvalue weighted by molar-refractivity contribution is 7.99. The van der Waals surface area contributed by atoms with Crippen LogP contribution in [-0.4, -0.2) is 32.6 Å². The molecule has 2 heterocycles. The Labute approximate surface area is 123 Å². The number of amides is 1. The summed E-state index contributed by atoms with van der Waals surface area (Å²) in [5, 5.41) is 10.8. The molecule has 2 aromatic heterocycles. The lowest BCUT2D eigenvalue weighted by Gasteiger charge is -1.98. The molecule has 0 atom stereocenters. The molecular formula is C11H12N4O3S2. The van der Waals surface area contributed by atoms with Crippen molar-refractivity contribution in [2.75, 3.05) is 11.1 Å². The fraction of sp³-hybridized carbons (Fsp3) is 0.364. The van der Waals surface area contributed by atoms with Crippen LogP contribution in [0.3, 0.4) is 0 Å². The molecule has 0 aliphatic rings. The zero-order valence-electron chi connectivity index (χ0n) is 11.1.